The van der Waals surface area contributed by atoms with Gasteiger partial charge in [0.25, 0.3) is 0 Å². The van der Waals surface area contributed by atoms with Crippen molar-refractivity contribution in [2.24, 2.45) is 0 Å². The van der Waals surface area contributed by atoms with Crippen LogP contribution in [0.3, 0.4) is 0 Å². The number of rotatable bonds is 1. The maximum absolute atomic E-state index is 11.7. The molecule has 2 aliphatic heterocycles. The summed E-state index contributed by atoms with van der Waals surface area (Å²) in [6, 6.07) is 0.404. The van der Waals surface area contributed by atoms with Crippen LogP contribution in [0.2, 0.25) is 0 Å². The predicted molar refractivity (Wildman–Crippen MR) is 69.9 cm³/mol. The summed E-state index contributed by atoms with van der Waals surface area (Å²) in [4.78, 5) is 2.40. The van der Waals surface area contributed by atoms with Crippen molar-refractivity contribution in [1.29, 1.82) is 0 Å². The minimum Gasteiger partial charge on any atom is -0.309 e. The highest BCUT2D eigenvalue weighted by molar-refractivity contribution is 7.91. The molecular weight excluding hydrogens is 236 g/mol. The van der Waals surface area contributed by atoms with Gasteiger partial charge in [-0.2, -0.15) is 0 Å². The smallest absolute Gasteiger partial charge is 0.152 e. The summed E-state index contributed by atoms with van der Waals surface area (Å²) in [5.41, 5.74) is -0.0977. The van der Waals surface area contributed by atoms with Crippen LogP contribution >= 0.6 is 0 Å². The first-order chi connectivity index (χ1) is 7.64. The Morgan fingerprint density at radius 3 is 2.47 bits per heavy atom. The standard InChI is InChI=1S/C12H24N2O2S/c1-10-7-13-11(2,3)8-14(10)12(4)5-6-17(15,16)9-12/h10,13H,5-9H2,1-4H3. The fourth-order valence-electron chi connectivity index (χ4n) is 3.11. The molecule has 0 amide bonds. The second-order valence-corrected chi connectivity index (χ2v) is 8.76. The lowest BCUT2D eigenvalue weighted by Gasteiger charge is -2.50. The lowest BCUT2D eigenvalue weighted by Crippen LogP contribution is -2.66. The van der Waals surface area contributed by atoms with Gasteiger partial charge in [0.05, 0.1) is 11.5 Å². The van der Waals surface area contributed by atoms with E-state index in [9.17, 15) is 8.42 Å². The molecule has 0 spiro atoms. The highest BCUT2D eigenvalue weighted by Crippen LogP contribution is 2.33. The molecule has 100 valence electrons. The fraction of sp³-hybridized carbons (Fsp3) is 1.00. The molecule has 17 heavy (non-hydrogen) atoms. The normalized spacial score (nSPS) is 41.5. The average Bonchev–Trinajstić information content (AvgIpc) is 2.46. The fourth-order valence-corrected chi connectivity index (χ4v) is 5.27. The van der Waals surface area contributed by atoms with Crippen LogP contribution in [-0.2, 0) is 9.84 Å². The van der Waals surface area contributed by atoms with Crippen LogP contribution in [0.25, 0.3) is 0 Å². The monoisotopic (exact) mass is 260 g/mol. The van der Waals surface area contributed by atoms with Crippen molar-refractivity contribution in [3.05, 3.63) is 0 Å². The van der Waals surface area contributed by atoms with E-state index in [-0.39, 0.29) is 11.1 Å². The molecule has 2 fully saturated rings. The molecule has 2 unspecified atom stereocenters. The lowest BCUT2D eigenvalue weighted by atomic mass is 9.90. The van der Waals surface area contributed by atoms with E-state index in [4.69, 9.17) is 0 Å². The predicted octanol–water partition coefficient (Wildman–Crippen LogP) is 0.636. The molecule has 0 aromatic carbocycles. The molecule has 0 bridgehead atoms. The molecule has 0 saturated carbocycles. The maximum Gasteiger partial charge on any atom is 0.152 e. The summed E-state index contributed by atoms with van der Waals surface area (Å²) in [5, 5.41) is 3.51. The van der Waals surface area contributed by atoms with E-state index in [0.29, 0.717) is 17.5 Å². The van der Waals surface area contributed by atoms with Gasteiger partial charge in [0, 0.05) is 30.2 Å². The third-order valence-corrected chi connectivity index (χ3v) is 6.04. The van der Waals surface area contributed by atoms with Gasteiger partial charge in [0.1, 0.15) is 0 Å². The Kier molecular flexibility index (Phi) is 3.08. The number of hydrogen-bond donors (Lipinski definition) is 1. The minimum absolute atomic E-state index is 0.0713. The molecule has 2 atom stereocenters. The number of hydrogen-bond acceptors (Lipinski definition) is 4. The van der Waals surface area contributed by atoms with Crippen LogP contribution in [0.15, 0.2) is 0 Å². The molecular formula is C12H24N2O2S. The Hall–Kier alpha value is -0.130. The van der Waals surface area contributed by atoms with E-state index in [0.717, 1.165) is 19.5 Å². The van der Waals surface area contributed by atoms with E-state index in [1.165, 1.54) is 0 Å². The molecule has 5 heteroatoms. The second-order valence-electron chi connectivity index (χ2n) is 6.58. The van der Waals surface area contributed by atoms with Crippen molar-refractivity contribution < 1.29 is 8.42 Å². The molecule has 0 aliphatic carbocycles. The molecule has 0 aromatic rings. The molecule has 0 radical (unpaired) electrons. The molecule has 2 aliphatic rings. The van der Waals surface area contributed by atoms with Crippen LogP contribution in [0, 0.1) is 0 Å². The van der Waals surface area contributed by atoms with Gasteiger partial charge in [0.15, 0.2) is 9.84 Å². The van der Waals surface area contributed by atoms with Crippen molar-refractivity contribution in [2.75, 3.05) is 24.6 Å². The summed E-state index contributed by atoms with van der Waals surface area (Å²) in [5.74, 6) is 0.668. The SMILES string of the molecule is CC1CNC(C)(C)CN1C1(C)CCS(=O)(=O)C1. The van der Waals surface area contributed by atoms with Crippen LogP contribution < -0.4 is 5.32 Å². The Balaban J connectivity index is 2.21. The largest absolute Gasteiger partial charge is 0.309 e. The highest BCUT2D eigenvalue weighted by atomic mass is 32.2. The molecule has 2 heterocycles. The first kappa shape index (κ1) is 13.3. The summed E-state index contributed by atoms with van der Waals surface area (Å²) in [7, 11) is -2.83. The van der Waals surface area contributed by atoms with E-state index >= 15 is 0 Å². The van der Waals surface area contributed by atoms with Crippen molar-refractivity contribution in [2.45, 2.75) is 51.2 Å². The Morgan fingerprint density at radius 1 is 1.29 bits per heavy atom. The first-order valence-corrected chi connectivity index (χ1v) is 8.18. The Labute approximate surface area is 105 Å². The molecule has 2 saturated heterocycles. The Morgan fingerprint density at radius 2 is 1.94 bits per heavy atom. The zero-order valence-electron chi connectivity index (χ0n) is 11.3. The van der Waals surface area contributed by atoms with E-state index in [2.05, 4.69) is 37.9 Å². The zero-order valence-corrected chi connectivity index (χ0v) is 12.1. The third-order valence-electron chi connectivity index (χ3n) is 4.15. The summed E-state index contributed by atoms with van der Waals surface area (Å²) >= 11 is 0. The van der Waals surface area contributed by atoms with Crippen LogP contribution in [-0.4, -0.2) is 55.0 Å². The van der Waals surface area contributed by atoms with Gasteiger partial charge in [0.2, 0.25) is 0 Å². The van der Waals surface area contributed by atoms with Crippen LogP contribution in [0.5, 0.6) is 0 Å². The van der Waals surface area contributed by atoms with Gasteiger partial charge < -0.3 is 5.32 Å². The summed E-state index contributed by atoms with van der Waals surface area (Å²) < 4.78 is 23.4. The average molecular weight is 260 g/mol. The molecule has 2 rings (SSSR count). The lowest BCUT2D eigenvalue weighted by molar-refractivity contribution is 0.0207. The van der Waals surface area contributed by atoms with Crippen molar-refractivity contribution in [1.82, 2.24) is 10.2 Å². The third kappa shape index (κ3) is 2.66. The minimum atomic E-state index is -2.83. The van der Waals surface area contributed by atoms with E-state index in [1.807, 2.05) is 0 Å². The number of nitrogens with zero attached hydrogens (tertiary/aromatic N) is 1. The van der Waals surface area contributed by atoms with Gasteiger partial charge >= 0.3 is 0 Å². The molecule has 1 N–H and O–H groups in total. The van der Waals surface area contributed by atoms with Gasteiger partial charge in [-0.1, -0.05) is 0 Å². The van der Waals surface area contributed by atoms with Gasteiger partial charge in [-0.05, 0) is 34.1 Å². The van der Waals surface area contributed by atoms with Crippen molar-refractivity contribution in [3.63, 3.8) is 0 Å². The van der Waals surface area contributed by atoms with Crippen LogP contribution in [0.4, 0.5) is 0 Å². The van der Waals surface area contributed by atoms with Crippen LogP contribution in [0.1, 0.15) is 34.1 Å². The van der Waals surface area contributed by atoms with Gasteiger partial charge in [-0.25, -0.2) is 8.42 Å². The molecule has 0 aromatic heterocycles. The summed E-state index contributed by atoms with van der Waals surface area (Å²) in [6.45, 7) is 10.5. The number of nitrogens with one attached hydrogen (secondary N) is 1. The van der Waals surface area contributed by atoms with E-state index < -0.39 is 9.84 Å². The maximum atomic E-state index is 11.7. The Bertz CT molecular complexity index is 405. The molecule has 4 nitrogen and oxygen atoms in total. The van der Waals surface area contributed by atoms with Crippen molar-refractivity contribution in [3.8, 4) is 0 Å². The van der Waals surface area contributed by atoms with Gasteiger partial charge in [-0.3, -0.25) is 4.90 Å². The van der Waals surface area contributed by atoms with E-state index in [1.54, 1.807) is 0 Å². The quantitative estimate of drug-likeness (QED) is 0.751. The number of piperazine rings is 1. The van der Waals surface area contributed by atoms with Crippen molar-refractivity contribution >= 4 is 9.84 Å². The second kappa shape index (κ2) is 3.93. The highest BCUT2D eigenvalue weighted by Gasteiger charge is 2.47. The summed E-state index contributed by atoms with van der Waals surface area (Å²) in [6.07, 6.45) is 0.774. The topological polar surface area (TPSA) is 49.4 Å². The first-order valence-electron chi connectivity index (χ1n) is 6.36. The zero-order chi connectivity index (χ0) is 12.9. The van der Waals surface area contributed by atoms with Gasteiger partial charge in [-0.15, -0.1) is 0 Å². The number of sulfone groups is 1.